The van der Waals surface area contributed by atoms with Crippen molar-refractivity contribution in [1.82, 2.24) is 5.32 Å². The molecule has 0 aromatic heterocycles. The van der Waals surface area contributed by atoms with Crippen LogP contribution in [-0.2, 0) is 16.0 Å². The summed E-state index contributed by atoms with van der Waals surface area (Å²) in [4.78, 5) is 22.0. The van der Waals surface area contributed by atoms with Gasteiger partial charge in [0.1, 0.15) is 12.4 Å². The van der Waals surface area contributed by atoms with Crippen LogP contribution in [0.15, 0.2) is 119 Å². The monoisotopic (exact) mass is 575 g/mol. The number of aliphatic hydroxyl groups is 1. The molecule has 1 heterocycles. The molecule has 1 aliphatic rings. The molecule has 0 saturated carbocycles. The Morgan fingerprint density at radius 2 is 1.63 bits per heavy atom. The van der Waals surface area contributed by atoms with Crippen LogP contribution in [-0.4, -0.2) is 48.8 Å². The Bertz CT molecular complexity index is 1550. The molecule has 0 bridgehead atoms. The van der Waals surface area contributed by atoms with Crippen LogP contribution in [0.1, 0.15) is 34.6 Å². The molecule has 0 unspecified atom stereocenters. The summed E-state index contributed by atoms with van der Waals surface area (Å²) in [6, 6.07) is 34.6. The molecular formula is C34H33N5O4. The number of azide groups is 1. The minimum atomic E-state index is -1.29. The van der Waals surface area contributed by atoms with E-state index >= 15 is 0 Å². The van der Waals surface area contributed by atoms with Crippen molar-refractivity contribution in [1.29, 1.82) is 0 Å². The van der Waals surface area contributed by atoms with Gasteiger partial charge in [0.2, 0.25) is 5.90 Å². The summed E-state index contributed by atoms with van der Waals surface area (Å²) in [6.07, 6.45) is 0.725. The summed E-state index contributed by atoms with van der Waals surface area (Å²) in [5.41, 5.74) is 11.9. The van der Waals surface area contributed by atoms with Gasteiger partial charge >= 0.3 is 0 Å². The summed E-state index contributed by atoms with van der Waals surface area (Å²) in [5, 5.41) is 16.0. The number of ether oxygens (including phenoxy) is 2. The number of hydrogen-bond donors (Lipinski definition) is 2. The van der Waals surface area contributed by atoms with Gasteiger partial charge in [-0.1, -0.05) is 90.0 Å². The van der Waals surface area contributed by atoms with E-state index in [0.717, 1.165) is 11.1 Å². The molecule has 218 valence electrons. The molecule has 4 aromatic carbocycles. The van der Waals surface area contributed by atoms with Crippen molar-refractivity contribution < 1.29 is 19.4 Å². The molecule has 9 nitrogen and oxygen atoms in total. The second kappa shape index (κ2) is 14.2. The smallest absolute Gasteiger partial charge is 0.252 e. The van der Waals surface area contributed by atoms with Crippen LogP contribution in [0.2, 0.25) is 0 Å². The fourth-order valence-electron chi connectivity index (χ4n) is 5.11. The first kappa shape index (κ1) is 29.4. The van der Waals surface area contributed by atoms with Crippen molar-refractivity contribution in [3.05, 3.63) is 142 Å². The first-order chi connectivity index (χ1) is 21.1. The highest BCUT2D eigenvalue weighted by molar-refractivity contribution is 6.00. The largest absolute Gasteiger partial charge is 0.494 e. The lowest BCUT2D eigenvalue weighted by atomic mass is 9.88. The number of nitrogens with zero attached hydrogens (tertiary/aromatic N) is 4. The van der Waals surface area contributed by atoms with Gasteiger partial charge in [-0.15, -0.1) is 0 Å². The van der Waals surface area contributed by atoms with Gasteiger partial charge in [-0.25, -0.2) is 4.99 Å². The Morgan fingerprint density at radius 1 is 0.977 bits per heavy atom. The molecule has 1 aliphatic heterocycles. The Morgan fingerprint density at radius 3 is 2.28 bits per heavy atom. The highest BCUT2D eigenvalue weighted by Crippen LogP contribution is 2.32. The van der Waals surface area contributed by atoms with Crippen molar-refractivity contribution in [3.63, 3.8) is 0 Å². The van der Waals surface area contributed by atoms with Gasteiger partial charge in [-0.3, -0.25) is 4.79 Å². The van der Waals surface area contributed by atoms with Gasteiger partial charge in [-0.2, -0.15) is 0 Å². The lowest BCUT2D eigenvalue weighted by Gasteiger charge is -2.26. The molecule has 1 amide bonds. The number of aliphatic hydroxyl groups excluding tert-OH is 1. The quantitative estimate of drug-likeness (QED) is 0.0864. The molecule has 2 N–H and O–H groups in total. The number of aliphatic imine (C=N–C) groups is 1. The molecule has 1 atom stereocenters. The zero-order chi connectivity index (χ0) is 29.9. The maximum Gasteiger partial charge on any atom is 0.252 e. The summed E-state index contributed by atoms with van der Waals surface area (Å²) < 4.78 is 11.7. The third-order valence-corrected chi connectivity index (χ3v) is 7.36. The molecule has 4 aromatic rings. The number of rotatable bonds is 13. The van der Waals surface area contributed by atoms with E-state index in [1.165, 1.54) is 0 Å². The minimum absolute atomic E-state index is 0.0227. The number of benzene rings is 4. The van der Waals surface area contributed by atoms with Crippen molar-refractivity contribution in [2.75, 3.05) is 26.4 Å². The van der Waals surface area contributed by atoms with Gasteiger partial charge in [-0.05, 0) is 46.5 Å². The van der Waals surface area contributed by atoms with Crippen LogP contribution in [0.3, 0.4) is 0 Å². The summed E-state index contributed by atoms with van der Waals surface area (Å²) in [7, 11) is 0. The first-order valence-electron chi connectivity index (χ1n) is 14.2. The number of hydrogen-bond acceptors (Lipinski definition) is 6. The van der Waals surface area contributed by atoms with Gasteiger partial charge in [0.15, 0.2) is 5.54 Å². The summed E-state index contributed by atoms with van der Waals surface area (Å²) >= 11 is 0. The predicted octanol–water partition coefficient (Wildman–Crippen LogP) is 6.10. The highest BCUT2D eigenvalue weighted by atomic mass is 16.5. The van der Waals surface area contributed by atoms with E-state index in [1.807, 2.05) is 60.7 Å². The summed E-state index contributed by atoms with van der Waals surface area (Å²) in [5.74, 6) is 0.666. The predicted molar refractivity (Wildman–Crippen MR) is 166 cm³/mol. The summed E-state index contributed by atoms with van der Waals surface area (Å²) in [6.45, 7) is 0.855. The highest BCUT2D eigenvalue weighted by Gasteiger charge is 2.45. The maximum atomic E-state index is 14.1. The zero-order valence-corrected chi connectivity index (χ0v) is 23.7. The molecule has 43 heavy (non-hydrogen) atoms. The molecule has 9 heteroatoms. The van der Waals surface area contributed by atoms with E-state index in [9.17, 15) is 4.79 Å². The Hall–Kier alpha value is -5.11. The Balaban J connectivity index is 1.44. The minimum Gasteiger partial charge on any atom is -0.494 e. The lowest BCUT2D eigenvalue weighted by molar-refractivity contribution is -0.126. The average molecular weight is 576 g/mol. The number of amides is 1. The number of carbonyl (C=O) groups is 1. The van der Waals surface area contributed by atoms with E-state index in [-0.39, 0.29) is 31.5 Å². The third-order valence-electron chi connectivity index (χ3n) is 7.36. The van der Waals surface area contributed by atoms with E-state index in [4.69, 9.17) is 25.1 Å². The van der Waals surface area contributed by atoms with Gasteiger partial charge in [0.05, 0.1) is 6.61 Å². The first-order valence-corrected chi connectivity index (χ1v) is 14.2. The van der Waals surface area contributed by atoms with Crippen LogP contribution in [0.5, 0.6) is 5.75 Å². The van der Waals surface area contributed by atoms with Gasteiger partial charge < -0.3 is 19.9 Å². The maximum absolute atomic E-state index is 14.1. The second-order valence-corrected chi connectivity index (χ2v) is 10.3. The molecule has 0 saturated heterocycles. The average Bonchev–Trinajstić information content (AvgIpc) is 3.49. The number of carbonyl (C=O) groups excluding carboxylic acids is 1. The van der Waals surface area contributed by atoms with Crippen LogP contribution in [0, 0.1) is 0 Å². The zero-order valence-electron chi connectivity index (χ0n) is 23.7. The molecule has 0 radical (unpaired) electrons. The molecule has 0 fully saturated rings. The normalized spacial score (nSPS) is 15.7. The van der Waals surface area contributed by atoms with Gasteiger partial charge in [0, 0.05) is 48.1 Å². The second-order valence-electron chi connectivity index (χ2n) is 10.3. The molecule has 5 rings (SSSR count). The van der Waals surface area contributed by atoms with Crippen molar-refractivity contribution >= 4 is 17.5 Å². The van der Waals surface area contributed by atoms with E-state index in [1.54, 1.807) is 24.3 Å². The van der Waals surface area contributed by atoms with Crippen molar-refractivity contribution in [2.45, 2.75) is 24.3 Å². The fourth-order valence-corrected chi connectivity index (χ4v) is 5.11. The Labute approximate surface area is 250 Å². The number of nitrogens with one attached hydrogen (secondary N) is 1. The molecule has 0 aliphatic carbocycles. The lowest BCUT2D eigenvalue weighted by Crippen LogP contribution is -2.49. The van der Waals surface area contributed by atoms with E-state index < -0.39 is 5.54 Å². The third kappa shape index (κ3) is 7.22. The fraction of sp³-hybridized carbons (Fsp3) is 0.235. The van der Waals surface area contributed by atoms with E-state index in [2.05, 4.69) is 39.6 Å². The van der Waals surface area contributed by atoms with Crippen LogP contribution < -0.4 is 10.1 Å². The standard InChI is InChI=1S/C34H33N5O4/c35-39-38-31-15-8-7-14-28(31)22-34(24-43-32(37-34)27-16-18-29(19-17-27)42-21-9-20-40)33(41)36-23-30(25-10-3-1-4-11-25)26-12-5-2-6-13-26/h1-8,10-19,30,40H,9,20-24H2,(H,36,41)/t34-/m1/s1. The molecule has 0 spiro atoms. The topological polar surface area (TPSA) is 129 Å². The van der Waals surface area contributed by atoms with Crippen LogP contribution in [0.4, 0.5) is 5.69 Å². The van der Waals surface area contributed by atoms with Crippen molar-refractivity contribution in [2.24, 2.45) is 10.1 Å². The molecular weight excluding hydrogens is 542 g/mol. The van der Waals surface area contributed by atoms with Gasteiger partial charge in [0.25, 0.3) is 5.91 Å². The SMILES string of the molecule is [N-]=[N+]=Nc1ccccc1C[C@]1(C(=O)NCC(c2ccccc2)c2ccccc2)COC(c2ccc(OCCCO)cc2)=N1. The van der Waals surface area contributed by atoms with Crippen LogP contribution >= 0.6 is 0 Å². The van der Waals surface area contributed by atoms with Crippen LogP contribution in [0.25, 0.3) is 10.4 Å². The Kier molecular flexibility index (Phi) is 9.69. The van der Waals surface area contributed by atoms with E-state index in [0.29, 0.717) is 48.0 Å². The van der Waals surface area contributed by atoms with Crippen molar-refractivity contribution in [3.8, 4) is 5.75 Å².